The quantitative estimate of drug-likeness (QED) is 0.425. The van der Waals surface area contributed by atoms with Crippen LogP contribution in [0.25, 0.3) is 11.0 Å². The molecule has 1 aromatic heterocycles. The molecule has 1 amide bonds. The summed E-state index contributed by atoms with van der Waals surface area (Å²) in [5, 5.41) is 3.17. The Morgan fingerprint density at radius 3 is 2.58 bits per heavy atom. The molecular weight excluding hydrogens is 386 g/mol. The van der Waals surface area contributed by atoms with Crippen molar-refractivity contribution in [3.63, 3.8) is 0 Å². The van der Waals surface area contributed by atoms with Crippen LogP contribution >= 0.6 is 0 Å². The van der Waals surface area contributed by atoms with Crippen molar-refractivity contribution >= 4 is 16.9 Å². The fourth-order valence-corrected chi connectivity index (χ4v) is 4.08. The van der Waals surface area contributed by atoms with Gasteiger partial charge in [0.15, 0.2) is 0 Å². The molecule has 0 aliphatic carbocycles. The van der Waals surface area contributed by atoms with Crippen molar-refractivity contribution < 1.29 is 9.53 Å². The Hall–Kier alpha value is -2.82. The first-order valence-corrected chi connectivity index (χ1v) is 11.4. The zero-order valence-corrected chi connectivity index (χ0v) is 19.4. The summed E-state index contributed by atoms with van der Waals surface area (Å²) in [5.74, 6) is 1.99. The van der Waals surface area contributed by atoms with Crippen LogP contribution in [0.15, 0.2) is 42.5 Å². The number of nitrogens with zero attached hydrogens (tertiary/aromatic N) is 2. The number of carbonyl (C=O) groups excluding carboxylic acids is 1. The summed E-state index contributed by atoms with van der Waals surface area (Å²) in [6, 6.07) is 14.3. The standard InChI is InChI=1S/C26H35N3O2/c1-6-21(7-2)26(30)27-20(5)25-28-22-11-8-9-12-23(22)29(25)15-10-16-31-24-14-13-18(3)17-19(24)4/h8-9,11-14,17,20-21H,6-7,10,15-16H2,1-5H3,(H,27,30). The summed E-state index contributed by atoms with van der Waals surface area (Å²) in [6.07, 6.45) is 2.55. The Balaban J connectivity index is 1.72. The predicted octanol–water partition coefficient (Wildman–Crippen LogP) is 5.74. The molecule has 1 unspecified atom stereocenters. The Kier molecular flexibility index (Phi) is 7.72. The maximum atomic E-state index is 12.6. The van der Waals surface area contributed by atoms with Gasteiger partial charge in [0, 0.05) is 12.5 Å². The predicted molar refractivity (Wildman–Crippen MR) is 126 cm³/mol. The number of carbonyl (C=O) groups is 1. The van der Waals surface area contributed by atoms with Crippen molar-refractivity contribution in [3.8, 4) is 5.75 Å². The van der Waals surface area contributed by atoms with Gasteiger partial charge < -0.3 is 14.6 Å². The highest BCUT2D eigenvalue weighted by Crippen LogP contribution is 2.23. The van der Waals surface area contributed by atoms with Gasteiger partial charge in [-0.3, -0.25) is 4.79 Å². The lowest BCUT2D eigenvalue weighted by molar-refractivity contribution is -0.125. The van der Waals surface area contributed by atoms with Crippen LogP contribution in [0.4, 0.5) is 0 Å². The molecule has 0 spiro atoms. The van der Waals surface area contributed by atoms with Crippen LogP contribution in [0.2, 0.25) is 0 Å². The molecule has 5 nitrogen and oxygen atoms in total. The van der Waals surface area contributed by atoms with E-state index in [0.717, 1.165) is 54.0 Å². The number of hydrogen-bond acceptors (Lipinski definition) is 3. The molecule has 31 heavy (non-hydrogen) atoms. The van der Waals surface area contributed by atoms with Gasteiger partial charge in [0.05, 0.1) is 23.7 Å². The van der Waals surface area contributed by atoms with Crippen molar-refractivity contribution in [2.24, 2.45) is 5.92 Å². The van der Waals surface area contributed by atoms with E-state index < -0.39 is 0 Å². The average Bonchev–Trinajstić information content (AvgIpc) is 3.12. The number of aromatic nitrogens is 2. The van der Waals surface area contributed by atoms with E-state index in [1.807, 2.05) is 31.2 Å². The highest BCUT2D eigenvalue weighted by atomic mass is 16.5. The normalized spacial score (nSPS) is 12.3. The van der Waals surface area contributed by atoms with Crippen LogP contribution < -0.4 is 10.1 Å². The number of hydrogen-bond donors (Lipinski definition) is 1. The van der Waals surface area contributed by atoms with Crippen molar-refractivity contribution in [2.45, 2.75) is 66.5 Å². The molecule has 2 aromatic carbocycles. The fraction of sp³-hybridized carbons (Fsp3) is 0.462. The summed E-state index contributed by atoms with van der Waals surface area (Å²) in [4.78, 5) is 17.5. The zero-order valence-electron chi connectivity index (χ0n) is 19.4. The molecule has 0 aliphatic heterocycles. The molecule has 0 saturated carbocycles. The van der Waals surface area contributed by atoms with Gasteiger partial charge in [-0.25, -0.2) is 4.98 Å². The van der Waals surface area contributed by atoms with E-state index in [-0.39, 0.29) is 17.9 Å². The molecule has 0 aliphatic rings. The van der Waals surface area contributed by atoms with Gasteiger partial charge >= 0.3 is 0 Å². The van der Waals surface area contributed by atoms with Crippen LogP contribution in [0.3, 0.4) is 0 Å². The number of para-hydroxylation sites is 2. The van der Waals surface area contributed by atoms with Gasteiger partial charge in [-0.05, 0) is 63.8 Å². The van der Waals surface area contributed by atoms with Crippen LogP contribution in [-0.4, -0.2) is 22.1 Å². The van der Waals surface area contributed by atoms with E-state index in [4.69, 9.17) is 9.72 Å². The second-order valence-electron chi connectivity index (χ2n) is 8.33. The average molecular weight is 422 g/mol. The molecule has 3 rings (SSSR count). The zero-order chi connectivity index (χ0) is 22.4. The molecule has 1 N–H and O–H groups in total. The lowest BCUT2D eigenvalue weighted by atomic mass is 10.0. The third kappa shape index (κ3) is 5.46. The van der Waals surface area contributed by atoms with E-state index in [2.05, 4.69) is 55.8 Å². The van der Waals surface area contributed by atoms with Crippen molar-refractivity contribution in [1.29, 1.82) is 0 Å². The molecule has 1 heterocycles. The Labute approximate surface area is 185 Å². The van der Waals surface area contributed by atoms with E-state index >= 15 is 0 Å². The minimum atomic E-state index is -0.152. The summed E-state index contributed by atoms with van der Waals surface area (Å²) in [6.45, 7) is 11.7. The summed E-state index contributed by atoms with van der Waals surface area (Å²) in [7, 11) is 0. The number of nitrogens with one attached hydrogen (secondary N) is 1. The summed E-state index contributed by atoms with van der Waals surface area (Å²) >= 11 is 0. The molecule has 1 atom stereocenters. The molecule has 0 bridgehead atoms. The van der Waals surface area contributed by atoms with E-state index in [0.29, 0.717) is 6.61 Å². The minimum Gasteiger partial charge on any atom is -0.493 e. The highest BCUT2D eigenvalue weighted by molar-refractivity contribution is 5.79. The van der Waals surface area contributed by atoms with E-state index in [1.54, 1.807) is 0 Å². The first-order chi connectivity index (χ1) is 14.9. The molecule has 0 fully saturated rings. The number of benzene rings is 2. The van der Waals surface area contributed by atoms with Crippen LogP contribution in [0, 0.1) is 19.8 Å². The van der Waals surface area contributed by atoms with Gasteiger partial charge in [-0.15, -0.1) is 0 Å². The first-order valence-electron chi connectivity index (χ1n) is 11.4. The SMILES string of the molecule is CCC(CC)C(=O)NC(C)c1nc2ccccc2n1CCCOc1ccc(C)cc1C. The Morgan fingerprint density at radius 1 is 1.13 bits per heavy atom. The van der Waals surface area contributed by atoms with Crippen molar-refractivity contribution in [3.05, 3.63) is 59.4 Å². The van der Waals surface area contributed by atoms with Crippen LogP contribution in [-0.2, 0) is 11.3 Å². The van der Waals surface area contributed by atoms with Gasteiger partial charge in [0.25, 0.3) is 0 Å². The molecule has 5 heteroatoms. The second-order valence-corrected chi connectivity index (χ2v) is 8.33. The van der Waals surface area contributed by atoms with Crippen LogP contribution in [0.5, 0.6) is 5.75 Å². The smallest absolute Gasteiger partial charge is 0.223 e. The molecule has 0 radical (unpaired) electrons. The maximum Gasteiger partial charge on any atom is 0.223 e. The Bertz CT molecular complexity index is 1020. The van der Waals surface area contributed by atoms with Crippen molar-refractivity contribution in [1.82, 2.24) is 14.9 Å². The number of amides is 1. The monoisotopic (exact) mass is 421 g/mol. The van der Waals surface area contributed by atoms with Gasteiger partial charge in [0.1, 0.15) is 11.6 Å². The third-order valence-electron chi connectivity index (χ3n) is 5.90. The first kappa shape index (κ1) is 22.9. The third-order valence-corrected chi connectivity index (χ3v) is 5.90. The highest BCUT2D eigenvalue weighted by Gasteiger charge is 2.21. The van der Waals surface area contributed by atoms with E-state index in [9.17, 15) is 4.79 Å². The summed E-state index contributed by atoms with van der Waals surface area (Å²) in [5.41, 5.74) is 4.44. The second kappa shape index (κ2) is 10.5. The van der Waals surface area contributed by atoms with Crippen LogP contribution in [0.1, 0.15) is 63.0 Å². The number of imidazole rings is 1. The fourth-order valence-electron chi connectivity index (χ4n) is 4.08. The van der Waals surface area contributed by atoms with Crippen molar-refractivity contribution in [2.75, 3.05) is 6.61 Å². The van der Waals surface area contributed by atoms with E-state index in [1.165, 1.54) is 5.56 Å². The molecule has 0 saturated heterocycles. The minimum absolute atomic E-state index is 0.0476. The lowest BCUT2D eigenvalue weighted by Gasteiger charge is -2.19. The largest absolute Gasteiger partial charge is 0.493 e. The molecular formula is C26H35N3O2. The lowest BCUT2D eigenvalue weighted by Crippen LogP contribution is -2.33. The number of rotatable bonds is 10. The topological polar surface area (TPSA) is 56.2 Å². The summed E-state index contributed by atoms with van der Waals surface area (Å²) < 4.78 is 8.24. The molecule has 3 aromatic rings. The van der Waals surface area contributed by atoms with Gasteiger partial charge in [-0.2, -0.15) is 0 Å². The van der Waals surface area contributed by atoms with Gasteiger partial charge in [-0.1, -0.05) is 43.7 Å². The Morgan fingerprint density at radius 2 is 1.87 bits per heavy atom. The molecule has 166 valence electrons. The maximum absolute atomic E-state index is 12.6. The number of ether oxygens (including phenoxy) is 1. The number of fused-ring (bicyclic) bond motifs is 1. The number of aryl methyl sites for hydroxylation is 3. The van der Waals surface area contributed by atoms with Gasteiger partial charge in [0.2, 0.25) is 5.91 Å².